The van der Waals surface area contributed by atoms with Crippen molar-refractivity contribution in [3.05, 3.63) is 23.5 Å². The summed E-state index contributed by atoms with van der Waals surface area (Å²) in [5.74, 6) is -7.99. The number of ether oxygens (including phenoxy) is 6. The van der Waals surface area contributed by atoms with Crippen molar-refractivity contribution >= 4 is 23.7 Å². The highest BCUT2D eigenvalue weighted by Crippen LogP contribution is 2.72. The van der Waals surface area contributed by atoms with Crippen LogP contribution in [0.1, 0.15) is 41.0 Å². The molecule has 6 N–H and O–H groups in total. The predicted molar refractivity (Wildman–Crippen MR) is 164 cm³/mol. The lowest BCUT2D eigenvalue weighted by Gasteiger charge is -2.67. The van der Waals surface area contributed by atoms with E-state index in [1.807, 2.05) is 13.8 Å². The van der Waals surface area contributed by atoms with Gasteiger partial charge in [-0.2, -0.15) is 0 Å². The largest absolute Gasteiger partial charge is 0.467 e. The number of Topliss-reactive ketones (excluding diaryl/α,β-unsaturated/α-hetero) is 1. The summed E-state index contributed by atoms with van der Waals surface area (Å²) in [6.45, 7) is 7.61. The SMILES string of the molecule is COC(=O)C12OC[C@]34[C@H]([C@@H](O)C1O)[C@@]1(C)C(=O)C(O[C@@H]5O[C@H](CO)[C@@H](O)[C@H](O)[C@H]5O)=C[C@@H](C)[C@@H]1C[C@H]3OC(=O)C(OC(=O)/C=C(\C)C(C)C)[C@@H]24. The smallest absolute Gasteiger partial charge is 0.348 e. The van der Waals surface area contributed by atoms with Crippen molar-refractivity contribution in [2.45, 2.75) is 102 Å². The fraction of sp³-hybridized carbons (Fsp3) is 0.765. The Balaban J connectivity index is 1.45. The van der Waals surface area contributed by atoms with Crippen molar-refractivity contribution in [2.75, 3.05) is 20.3 Å². The molecule has 0 aromatic carbocycles. The molecule has 2 saturated carbocycles. The molecule has 16 heteroatoms. The fourth-order valence-corrected chi connectivity index (χ4v) is 9.71. The summed E-state index contributed by atoms with van der Waals surface area (Å²) in [5.41, 5.74) is -4.95. The summed E-state index contributed by atoms with van der Waals surface area (Å²) in [6, 6.07) is 0. The van der Waals surface area contributed by atoms with Crippen molar-refractivity contribution in [1.29, 1.82) is 0 Å². The highest BCUT2D eigenvalue weighted by Gasteiger charge is 2.86. The Morgan fingerprint density at radius 1 is 1.06 bits per heavy atom. The van der Waals surface area contributed by atoms with Crippen molar-refractivity contribution in [2.24, 2.45) is 40.4 Å². The number of fused-ring (bicyclic) bond motifs is 2. The van der Waals surface area contributed by atoms with Gasteiger partial charge in [0.2, 0.25) is 23.8 Å². The second-order valence-electron chi connectivity index (χ2n) is 15.1. The van der Waals surface area contributed by atoms with Crippen molar-refractivity contribution in [3.8, 4) is 0 Å². The first-order valence-electron chi connectivity index (χ1n) is 16.8. The van der Waals surface area contributed by atoms with E-state index in [1.165, 1.54) is 12.2 Å². The number of methoxy groups -OCH3 is 1. The van der Waals surface area contributed by atoms with Crippen LogP contribution in [0.3, 0.4) is 0 Å². The lowest BCUT2D eigenvalue weighted by molar-refractivity contribution is -0.297. The van der Waals surface area contributed by atoms with Gasteiger partial charge in [0.1, 0.15) is 36.6 Å². The number of ketones is 1. The first-order valence-corrected chi connectivity index (χ1v) is 16.8. The van der Waals surface area contributed by atoms with Crippen LogP contribution in [-0.2, 0) is 47.6 Å². The van der Waals surface area contributed by atoms with Crippen LogP contribution in [0.25, 0.3) is 0 Å². The molecule has 0 radical (unpaired) electrons. The number of aliphatic hydroxyl groups is 6. The fourth-order valence-electron chi connectivity index (χ4n) is 9.71. The molecule has 0 aromatic heterocycles. The summed E-state index contributed by atoms with van der Waals surface area (Å²) in [7, 11) is 1.04. The van der Waals surface area contributed by atoms with Gasteiger partial charge in [-0.1, -0.05) is 33.3 Å². The second kappa shape index (κ2) is 12.6. The van der Waals surface area contributed by atoms with Gasteiger partial charge < -0.3 is 59.1 Å². The molecule has 3 saturated heterocycles. The Labute approximate surface area is 287 Å². The first-order chi connectivity index (χ1) is 23.4. The standard InChI is InChI=1S/C34H46O16/c1-12(2)13(3)8-19(36)50-24-26-33-11-46-34(26,31(44)45-6)28(42)23(40)25(33)32(5)15(9-18(33)49-29(24)43)14(4)7-16(27(32)41)47-30-22(39)21(38)20(37)17(10-35)48-30/h7-8,12,14-15,17-18,20-26,28,30,35,37-40,42H,9-11H2,1-6H3/b13-8+/t14-,15+,17-,18-,20-,21+,22-,23-,24?,25-,26-,28?,30-,32+,33-,34?/m1/s1. The molecular formula is C34H46O16. The molecule has 3 unspecified atom stereocenters. The Morgan fingerprint density at radius 3 is 2.36 bits per heavy atom. The quantitative estimate of drug-likeness (QED) is 0.0976. The number of allylic oxidation sites excluding steroid dienone is 3. The number of rotatable bonds is 7. The Hall–Kier alpha value is -2.96. The molecule has 3 aliphatic carbocycles. The third-order valence-electron chi connectivity index (χ3n) is 12.4. The van der Waals surface area contributed by atoms with E-state index in [4.69, 9.17) is 28.4 Å². The van der Waals surface area contributed by atoms with Crippen LogP contribution < -0.4 is 0 Å². The lowest BCUT2D eigenvalue weighted by atomic mass is 9.37. The molecule has 3 aliphatic heterocycles. The molecule has 6 rings (SSSR count). The third-order valence-corrected chi connectivity index (χ3v) is 12.4. The van der Waals surface area contributed by atoms with Crippen LogP contribution in [0.4, 0.5) is 0 Å². The summed E-state index contributed by atoms with van der Waals surface area (Å²) >= 11 is 0. The van der Waals surface area contributed by atoms with E-state index in [0.29, 0.717) is 5.57 Å². The van der Waals surface area contributed by atoms with Crippen LogP contribution in [0.15, 0.2) is 23.5 Å². The summed E-state index contributed by atoms with van der Waals surface area (Å²) in [4.78, 5) is 55.4. The minimum absolute atomic E-state index is 0.0391. The van der Waals surface area contributed by atoms with E-state index in [9.17, 15) is 49.8 Å². The highest BCUT2D eigenvalue weighted by atomic mass is 16.7. The highest BCUT2D eigenvalue weighted by molar-refractivity contribution is 6.00. The molecule has 16 atom stereocenters. The van der Waals surface area contributed by atoms with Gasteiger partial charge in [-0.25, -0.2) is 14.4 Å². The first kappa shape index (κ1) is 36.8. The number of esters is 3. The minimum atomic E-state index is -2.39. The van der Waals surface area contributed by atoms with Crippen molar-refractivity contribution in [3.63, 3.8) is 0 Å². The van der Waals surface area contributed by atoms with Gasteiger partial charge in [0.15, 0.2) is 5.76 Å². The number of aliphatic hydroxyl groups excluding tert-OH is 6. The molecule has 1 spiro atoms. The monoisotopic (exact) mass is 710 g/mol. The Kier molecular flexibility index (Phi) is 9.29. The van der Waals surface area contributed by atoms with E-state index in [0.717, 1.165) is 7.11 Å². The maximum atomic E-state index is 14.8. The molecule has 0 amide bonds. The number of carbonyl (C=O) groups is 4. The summed E-state index contributed by atoms with van der Waals surface area (Å²) < 4.78 is 34.3. The van der Waals surface area contributed by atoms with Crippen molar-refractivity contribution in [1.82, 2.24) is 0 Å². The maximum Gasteiger partial charge on any atom is 0.348 e. The molecule has 3 heterocycles. The number of hydrogen-bond donors (Lipinski definition) is 6. The van der Waals surface area contributed by atoms with E-state index >= 15 is 0 Å². The predicted octanol–water partition coefficient (Wildman–Crippen LogP) is -1.73. The minimum Gasteiger partial charge on any atom is -0.467 e. The molecular weight excluding hydrogens is 664 g/mol. The van der Waals surface area contributed by atoms with Crippen molar-refractivity contribution < 1.29 is 78.2 Å². The Bertz CT molecular complexity index is 1490. The number of hydrogen-bond acceptors (Lipinski definition) is 16. The Morgan fingerprint density at radius 2 is 1.74 bits per heavy atom. The average Bonchev–Trinajstić information content (AvgIpc) is 3.38. The van der Waals surface area contributed by atoms with E-state index in [2.05, 4.69) is 0 Å². The van der Waals surface area contributed by atoms with Gasteiger partial charge in [0, 0.05) is 22.8 Å². The number of carbonyl (C=O) groups excluding carboxylic acids is 4. The molecule has 2 bridgehead atoms. The zero-order valence-corrected chi connectivity index (χ0v) is 28.6. The topological polar surface area (TPSA) is 245 Å². The summed E-state index contributed by atoms with van der Waals surface area (Å²) in [6.07, 6.45) is -12.3. The molecule has 0 aromatic rings. The zero-order chi connectivity index (χ0) is 36.8. The van der Waals surface area contributed by atoms with E-state index in [-0.39, 0.29) is 18.1 Å². The third kappa shape index (κ3) is 4.86. The van der Waals surface area contributed by atoms with Gasteiger partial charge in [0.25, 0.3) is 0 Å². The molecule has 16 nitrogen and oxygen atoms in total. The molecule has 6 aliphatic rings. The van der Waals surface area contributed by atoms with Gasteiger partial charge in [-0.3, -0.25) is 4.79 Å². The van der Waals surface area contributed by atoms with E-state index < -0.39 is 132 Å². The van der Waals surface area contributed by atoms with Gasteiger partial charge in [-0.05, 0) is 37.2 Å². The van der Waals surface area contributed by atoms with Crippen LogP contribution in [-0.4, -0.2) is 135 Å². The van der Waals surface area contributed by atoms with Gasteiger partial charge in [-0.15, -0.1) is 0 Å². The molecule has 278 valence electrons. The molecule has 5 fully saturated rings. The lowest BCUT2D eigenvalue weighted by Crippen LogP contribution is -2.80. The summed E-state index contributed by atoms with van der Waals surface area (Å²) in [5, 5.41) is 64.8. The zero-order valence-electron chi connectivity index (χ0n) is 28.6. The van der Waals surface area contributed by atoms with Gasteiger partial charge >= 0.3 is 17.9 Å². The van der Waals surface area contributed by atoms with E-state index in [1.54, 1.807) is 20.8 Å². The molecule has 50 heavy (non-hydrogen) atoms. The van der Waals surface area contributed by atoms with Crippen LogP contribution in [0, 0.1) is 40.4 Å². The van der Waals surface area contributed by atoms with Crippen LogP contribution >= 0.6 is 0 Å². The second-order valence-corrected chi connectivity index (χ2v) is 15.1. The maximum absolute atomic E-state index is 14.8. The van der Waals surface area contributed by atoms with Crippen LogP contribution in [0.2, 0.25) is 0 Å². The normalized spacial score (nSPS) is 48.2. The van der Waals surface area contributed by atoms with Crippen LogP contribution in [0.5, 0.6) is 0 Å². The average molecular weight is 711 g/mol. The van der Waals surface area contributed by atoms with Gasteiger partial charge in [0.05, 0.1) is 32.3 Å².